The number of aromatic nitrogens is 3. The number of halogens is 1. The molecule has 3 rings (SSSR count). The summed E-state index contributed by atoms with van der Waals surface area (Å²) in [4.78, 5) is 27.5. The van der Waals surface area contributed by atoms with Crippen molar-refractivity contribution < 1.29 is 14.7 Å². The number of rotatable bonds is 6. The van der Waals surface area contributed by atoms with E-state index in [2.05, 4.69) is 15.4 Å². The van der Waals surface area contributed by atoms with E-state index in [1.165, 1.54) is 4.68 Å². The smallest absolute Gasteiger partial charge is 0.313 e. The number of hydrogen-bond acceptors (Lipinski definition) is 5. The summed E-state index contributed by atoms with van der Waals surface area (Å²) in [6.45, 7) is 0. The van der Waals surface area contributed by atoms with Crippen molar-refractivity contribution in [3.63, 3.8) is 0 Å². The maximum absolute atomic E-state index is 12.4. The largest absolute Gasteiger partial charge is 0.481 e. The Balaban J connectivity index is 1.91. The highest BCUT2D eigenvalue weighted by Crippen LogP contribution is 2.22. The van der Waals surface area contributed by atoms with Gasteiger partial charge in [0.05, 0.1) is 11.4 Å². The molecule has 2 aromatic carbocycles. The fourth-order valence-electron chi connectivity index (χ4n) is 2.07. The minimum absolute atomic E-state index is 0.0586. The number of aliphatic carboxylic acids is 1. The summed E-state index contributed by atoms with van der Waals surface area (Å²) in [5.74, 6) is -1.74. The van der Waals surface area contributed by atoms with Crippen molar-refractivity contribution in [2.45, 2.75) is 5.16 Å². The monoisotopic (exact) mass is 388 g/mol. The minimum Gasteiger partial charge on any atom is -0.481 e. The Hall–Kier alpha value is -2.84. The number of nitrogens with zero attached hydrogens (tertiary/aromatic N) is 3. The number of carboxylic acid groups (broad SMARTS) is 1. The molecule has 2 N–H and O–H groups in total. The van der Waals surface area contributed by atoms with Crippen molar-refractivity contribution in [2.75, 3.05) is 11.1 Å². The molecule has 26 heavy (non-hydrogen) atoms. The van der Waals surface area contributed by atoms with Gasteiger partial charge in [-0.3, -0.25) is 9.59 Å². The van der Waals surface area contributed by atoms with Gasteiger partial charge in [0.2, 0.25) is 5.82 Å². The van der Waals surface area contributed by atoms with Gasteiger partial charge in [0.25, 0.3) is 5.91 Å². The molecule has 1 amide bonds. The first-order valence-electron chi connectivity index (χ1n) is 7.47. The highest BCUT2D eigenvalue weighted by Gasteiger charge is 2.19. The second-order valence-electron chi connectivity index (χ2n) is 5.11. The Morgan fingerprint density at radius 2 is 1.81 bits per heavy atom. The van der Waals surface area contributed by atoms with Gasteiger partial charge in [-0.05, 0) is 36.4 Å². The number of nitrogens with one attached hydrogen (secondary N) is 1. The van der Waals surface area contributed by atoms with Gasteiger partial charge in [-0.2, -0.15) is 4.98 Å². The number of thioether (sulfide) groups is 1. The fraction of sp³-hybridized carbons (Fsp3) is 0.0588. The average Bonchev–Trinajstić information content (AvgIpc) is 3.06. The van der Waals surface area contributed by atoms with Gasteiger partial charge in [-0.25, -0.2) is 4.68 Å². The summed E-state index contributed by atoms with van der Waals surface area (Å²) in [5, 5.41) is 16.7. The van der Waals surface area contributed by atoms with E-state index in [0.717, 1.165) is 11.8 Å². The Kier molecular flexibility index (Phi) is 5.55. The van der Waals surface area contributed by atoms with E-state index in [9.17, 15) is 9.59 Å². The number of carbonyl (C=O) groups is 2. The SMILES string of the molecule is O=C(O)CSc1nc(C(=O)Nc2ccccc2)nn1-c1ccc(Cl)cc1. The number of para-hydroxylation sites is 1. The third-order valence-corrected chi connectivity index (χ3v) is 4.37. The number of amides is 1. The van der Waals surface area contributed by atoms with E-state index in [4.69, 9.17) is 16.7 Å². The van der Waals surface area contributed by atoms with Gasteiger partial charge >= 0.3 is 5.97 Å². The van der Waals surface area contributed by atoms with E-state index in [-0.39, 0.29) is 11.6 Å². The zero-order valence-corrected chi connectivity index (χ0v) is 14.9. The standard InChI is InChI=1S/C17H13ClN4O3S/c18-11-6-8-13(9-7-11)22-17(26-10-14(23)24)20-15(21-22)16(25)19-12-4-2-1-3-5-12/h1-9H,10H2,(H,19,25)(H,23,24). The summed E-state index contributed by atoms with van der Waals surface area (Å²) in [7, 11) is 0. The molecular weight excluding hydrogens is 376 g/mol. The van der Waals surface area contributed by atoms with Crippen molar-refractivity contribution in [1.29, 1.82) is 0 Å². The summed E-state index contributed by atoms with van der Waals surface area (Å²) in [6.07, 6.45) is 0. The number of benzene rings is 2. The van der Waals surface area contributed by atoms with E-state index in [1.54, 1.807) is 48.5 Å². The highest BCUT2D eigenvalue weighted by molar-refractivity contribution is 7.99. The first kappa shape index (κ1) is 18.0. The zero-order chi connectivity index (χ0) is 18.5. The second kappa shape index (κ2) is 8.03. The van der Waals surface area contributed by atoms with E-state index >= 15 is 0 Å². The molecule has 0 saturated heterocycles. The lowest BCUT2D eigenvalue weighted by Gasteiger charge is -2.04. The summed E-state index contributed by atoms with van der Waals surface area (Å²) < 4.78 is 1.42. The summed E-state index contributed by atoms with van der Waals surface area (Å²) in [6, 6.07) is 15.7. The van der Waals surface area contributed by atoms with Gasteiger partial charge in [0.15, 0.2) is 5.16 Å². The van der Waals surface area contributed by atoms with Crippen LogP contribution in [0.5, 0.6) is 0 Å². The molecule has 0 aliphatic carbocycles. The molecule has 0 saturated carbocycles. The molecule has 9 heteroatoms. The lowest BCUT2D eigenvalue weighted by molar-refractivity contribution is -0.133. The maximum Gasteiger partial charge on any atom is 0.313 e. The van der Waals surface area contributed by atoms with Crippen LogP contribution in [0.2, 0.25) is 5.02 Å². The normalized spacial score (nSPS) is 10.5. The topological polar surface area (TPSA) is 97.1 Å². The molecule has 0 aliphatic heterocycles. The first-order chi connectivity index (χ1) is 12.5. The molecule has 1 heterocycles. The molecule has 0 fully saturated rings. The van der Waals surface area contributed by atoms with Crippen LogP contribution in [0, 0.1) is 0 Å². The van der Waals surface area contributed by atoms with Gasteiger partial charge in [0.1, 0.15) is 0 Å². The average molecular weight is 389 g/mol. The van der Waals surface area contributed by atoms with Crippen molar-refractivity contribution in [3.8, 4) is 5.69 Å². The molecule has 0 atom stereocenters. The third kappa shape index (κ3) is 4.41. The van der Waals surface area contributed by atoms with Crippen LogP contribution in [0.4, 0.5) is 5.69 Å². The van der Waals surface area contributed by atoms with Crippen LogP contribution in [0.15, 0.2) is 59.8 Å². The van der Waals surface area contributed by atoms with Crippen molar-refractivity contribution in [3.05, 3.63) is 65.4 Å². The van der Waals surface area contributed by atoms with Gasteiger partial charge < -0.3 is 10.4 Å². The first-order valence-corrected chi connectivity index (χ1v) is 8.83. The minimum atomic E-state index is -0.990. The van der Waals surface area contributed by atoms with Crippen LogP contribution in [-0.4, -0.2) is 37.5 Å². The van der Waals surface area contributed by atoms with Crippen molar-refractivity contribution in [1.82, 2.24) is 14.8 Å². The van der Waals surface area contributed by atoms with E-state index in [1.807, 2.05) is 6.07 Å². The lowest BCUT2D eigenvalue weighted by atomic mass is 10.3. The van der Waals surface area contributed by atoms with Crippen LogP contribution < -0.4 is 5.32 Å². The zero-order valence-electron chi connectivity index (χ0n) is 13.3. The molecule has 1 aromatic heterocycles. The molecule has 0 unspecified atom stereocenters. The third-order valence-electron chi connectivity index (χ3n) is 3.21. The van der Waals surface area contributed by atoms with Gasteiger partial charge in [-0.15, -0.1) is 5.10 Å². The summed E-state index contributed by atoms with van der Waals surface area (Å²) in [5.41, 5.74) is 1.23. The second-order valence-corrected chi connectivity index (χ2v) is 6.49. The van der Waals surface area contributed by atoms with Gasteiger partial charge in [0, 0.05) is 10.7 Å². The fourth-order valence-corrected chi connectivity index (χ4v) is 2.87. The number of carboxylic acids is 1. The molecular formula is C17H13ClN4O3S. The van der Waals surface area contributed by atoms with Crippen LogP contribution >= 0.6 is 23.4 Å². The Labute approximate surface area is 158 Å². The molecule has 0 bridgehead atoms. The Bertz CT molecular complexity index is 929. The Morgan fingerprint density at radius 1 is 1.12 bits per heavy atom. The van der Waals surface area contributed by atoms with Crippen LogP contribution in [-0.2, 0) is 4.79 Å². The predicted molar refractivity (Wildman–Crippen MR) is 99.1 cm³/mol. The van der Waals surface area contributed by atoms with Crippen LogP contribution in [0.1, 0.15) is 10.6 Å². The predicted octanol–water partition coefficient (Wildman–Crippen LogP) is 3.35. The molecule has 0 aliphatic rings. The molecule has 132 valence electrons. The molecule has 3 aromatic rings. The Morgan fingerprint density at radius 3 is 2.46 bits per heavy atom. The van der Waals surface area contributed by atoms with Crippen molar-refractivity contribution >= 4 is 40.9 Å². The molecule has 0 spiro atoms. The quantitative estimate of drug-likeness (QED) is 0.628. The number of anilines is 1. The van der Waals surface area contributed by atoms with E-state index in [0.29, 0.717) is 21.6 Å². The van der Waals surface area contributed by atoms with Gasteiger partial charge in [-0.1, -0.05) is 41.6 Å². The van der Waals surface area contributed by atoms with Crippen LogP contribution in [0.25, 0.3) is 5.69 Å². The molecule has 0 radical (unpaired) electrons. The van der Waals surface area contributed by atoms with Crippen molar-refractivity contribution in [2.24, 2.45) is 0 Å². The maximum atomic E-state index is 12.4. The van der Waals surface area contributed by atoms with E-state index < -0.39 is 11.9 Å². The molecule has 7 nitrogen and oxygen atoms in total. The number of carbonyl (C=O) groups excluding carboxylic acids is 1. The summed E-state index contributed by atoms with van der Waals surface area (Å²) >= 11 is 6.87. The number of hydrogen-bond donors (Lipinski definition) is 2. The lowest BCUT2D eigenvalue weighted by Crippen LogP contribution is -2.14. The van der Waals surface area contributed by atoms with Crippen LogP contribution in [0.3, 0.4) is 0 Å². The highest BCUT2D eigenvalue weighted by atomic mass is 35.5.